The number of hydrogen-bond donors (Lipinski definition) is 0. The Morgan fingerprint density at radius 3 is 3.05 bits per heavy atom. The van der Waals surface area contributed by atoms with E-state index >= 15 is 0 Å². The fourth-order valence-electron chi connectivity index (χ4n) is 1.73. The van der Waals surface area contributed by atoms with Crippen LogP contribution in [-0.2, 0) is 11.3 Å². The van der Waals surface area contributed by atoms with Crippen molar-refractivity contribution in [3.8, 4) is 0 Å². The molecule has 1 aromatic heterocycles. The molecule has 2 rings (SSSR count). The highest BCUT2D eigenvalue weighted by molar-refractivity contribution is 6.30. The molecular formula is C14H13ClFN3O2. The molecule has 0 aliphatic rings. The Balaban J connectivity index is 2.22. The molecule has 110 valence electrons. The van der Waals surface area contributed by atoms with Crippen molar-refractivity contribution >= 4 is 17.6 Å². The maximum atomic E-state index is 13.9. The molecule has 1 heterocycles. The lowest BCUT2D eigenvalue weighted by molar-refractivity contribution is 0.0542. The van der Waals surface area contributed by atoms with Crippen LogP contribution in [0.3, 0.4) is 0 Å². The molecule has 21 heavy (non-hydrogen) atoms. The number of aromatic nitrogens is 3. The van der Waals surface area contributed by atoms with Crippen molar-refractivity contribution in [2.45, 2.75) is 13.5 Å². The predicted octanol–water partition coefficient (Wildman–Crippen LogP) is 2.77. The van der Waals surface area contributed by atoms with Gasteiger partial charge in [0.15, 0.2) is 5.69 Å². The van der Waals surface area contributed by atoms with E-state index in [1.54, 1.807) is 19.1 Å². The molecule has 0 N–H and O–H groups in total. The molecule has 0 spiro atoms. The maximum absolute atomic E-state index is 13.9. The number of halogens is 2. The molecule has 2 aromatic rings. The third-order valence-corrected chi connectivity index (χ3v) is 3.15. The van der Waals surface area contributed by atoms with Crippen LogP contribution in [-0.4, -0.2) is 27.6 Å². The quantitative estimate of drug-likeness (QED) is 0.629. The van der Waals surface area contributed by atoms with Gasteiger partial charge in [-0.2, -0.15) is 0 Å². The number of esters is 1. The molecule has 0 saturated carbocycles. The molecule has 0 aliphatic heterocycles. The van der Waals surface area contributed by atoms with Gasteiger partial charge >= 0.3 is 5.97 Å². The van der Waals surface area contributed by atoms with Gasteiger partial charge in [0.05, 0.1) is 17.3 Å². The van der Waals surface area contributed by atoms with Crippen LogP contribution in [0.15, 0.2) is 30.9 Å². The Bertz CT molecular complexity index is 685. The van der Waals surface area contributed by atoms with Gasteiger partial charge in [0.2, 0.25) is 0 Å². The lowest BCUT2D eigenvalue weighted by atomic mass is 10.2. The van der Waals surface area contributed by atoms with Crippen LogP contribution >= 0.6 is 11.6 Å². The highest BCUT2D eigenvalue weighted by Crippen LogP contribution is 2.19. The van der Waals surface area contributed by atoms with E-state index in [0.717, 1.165) is 0 Å². The molecule has 0 saturated heterocycles. The zero-order chi connectivity index (χ0) is 15.4. The van der Waals surface area contributed by atoms with Crippen molar-refractivity contribution in [3.63, 3.8) is 0 Å². The minimum Gasteiger partial charge on any atom is -0.457 e. The fourth-order valence-corrected chi connectivity index (χ4v) is 1.93. The molecule has 7 heteroatoms. The van der Waals surface area contributed by atoms with Crippen molar-refractivity contribution in [2.24, 2.45) is 0 Å². The van der Waals surface area contributed by atoms with Crippen LogP contribution in [0.5, 0.6) is 0 Å². The number of rotatable bonds is 5. The van der Waals surface area contributed by atoms with Crippen LogP contribution in [0.2, 0.25) is 5.02 Å². The van der Waals surface area contributed by atoms with Gasteiger partial charge in [-0.05, 0) is 13.0 Å². The zero-order valence-electron chi connectivity index (χ0n) is 11.3. The first-order valence-electron chi connectivity index (χ1n) is 6.15. The average molecular weight is 310 g/mol. The standard InChI is InChI=1S/C14H13ClFN3O2/c1-3-7-21-14(20)13-9(2)19(18-17-13)8-10-5-4-6-11(15)12(10)16/h3-6H,1,7-8H2,2H3. The highest BCUT2D eigenvalue weighted by atomic mass is 35.5. The second-order valence-electron chi connectivity index (χ2n) is 4.28. The summed E-state index contributed by atoms with van der Waals surface area (Å²) in [5.41, 5.74) is 0.948. The van der Waals surface area contributed by atoms with Crippen molar-refractivity contribution < 1.29 is 13.9 Å². The van der Waals surface area contributed by atoms with Gasteiger partial charge in [-0.1, -0.05) is 41.6 Å². The summed E-state index contributed by atoms with van der Waals surface area (Å²) >= 11 is 5.73. The summed E-state index contributed by atoms with van der Waals surface area (Å²) < 4.78 is 20.2. The lowest BCUT2D eigenvalue weighted by Gasteiger charge is -2.06. The van der Waals surface area contributed by atoms with Crippen LogP contribution in [0.4, 0.5) is 4.39 Å². The molecule has 5 nitrogen and oxygen atoms in total. The van der Waals surface area contributed by atoms with Gasteiger partial charge in [-0.15, -0.1) is 5.10 Å². The van der Waals surface area contributed by atoms with Crippen molar-refractivity contribution in [2.75, 3.05) is 6.61 Å². The minimum absolute atomic E-state index is 0.0379. The number of ether oxygens (including phenoxy) is 1. The number of nitrogens with zero attached hydrogens (tertiary/aromatic N) is 3. The normalized spacial score (nSPS) is 10.4. The number of benzene rings is 1. The third-order valence-electron chi connectivity index (χ3n) is 2.86. The maximum Gasteiger partial charge on any atom is 0.361 e. The zero-order valence-corrected chi connectivity index (χ0v) is 12.1. The Kier molecular flexibility index (Phi) is 4.70. The van der Waals surface area contributed by atoms with E-state index in [0.29, 0.717) is 11.3 Å². The molecule has 0 unspecified atom stereocenters. The number of hydrogen-bond acceptors (Lipinski definition) is 4. The monoisotopic (exact) mass is 309 g/mol. The van der Waals surface area contributed by atoms with Gasteiger partial charge in [0, 0.05) is 5.56 Å². The Morgan fingerprint density at radius 1 is 1.57 bits per heavy atom. The predicted molar refractivity (Wildman–Crippen MR) is 75.8 cm³/mol. The summed E-state index contributed by atoms with van der Waals surface area (Å²) in [5.74, 6) is -1.10. The summed E-state index contributed by atoms with van der Waals surface area (Å²) in [7, 11) is 0. The summed E-state index contributed by atoms with van der Waals surface area (Å²) in [4.78, 5) is 11.7. The largest absolute Gasteiger partial charge is 0.457 e. The topological polar surface area (TPSA) is 57.0 Å². The van der Waals surface area contributed by atoms with E-state index in [-0.39, 0.29) is 23.9 Å². The Labute approximate surface area is 126 Å². The molecule has 0 bridgehead atoms. The molecule has 0 amide bonds. The molecule has 0 fully saturated rings. The first-order valence-corrected chi connectivity index (χ1v) is 6.53. The summed E-state index contributed by atoms with van der Waals surface area (Å²) in [6, 6.07) is 4.71. The fraction of sp³-hybridized carbons (Fsp3) is 0.214. The van der Waals surface area contributed by atoms with Gasteiger partial charge in [0.25, 0.3) is 0 Å². The average Bonchev–Trinajstić information content (AvgIpc) is 2.83. The Morgan fingerprint density at radius 2 is 2.33 bits per heavy atom. The van der Waals surface area contributed by atoms with Crippen molar-refractivity contribution in [1.29, 1.82) is 0 Å². The van der Waals surface area contributed by atoms with E-state index < -0.39 is 11.8 Å². The lowest BCUT2D eigenvalue weighted by Crippen LogP contribution is -2.09. The van der Waals surface area contributed by atoms with E-state index in [4.69, 9.17) is 16.3 Å². The molecule has 0 radical (unpaired) electrons. The van der Waals surface area contributed by atoms with Gasteiger partial charge in [-0.25, -0.2) is 13.9 Å². The summed E-state index contributed by atoms with van der Waals surface area (Å²) in [5, 5.41) is 7.64. The second kappa shape index (κ2) is 6.49. The SMILES string of the molecule is C=CCOC(=O)c1nnn(Cc2cccc(Cl)c2F)c1C. The first-order chi connectivity index (χ1) is 10.0. The second-order valence-corrected chi connectivity index (χ2v) is 4.69. The molecule has 0 atom stereocenters. The summed E-state index contributed by atoms with van der Waals surface area (Å²) in [6.07, 6.45) is 1.46. The van der Waals surface area contributed by atoms with Gasteiger partial charge in [-0.3, -0.25) is 0 Å². The minimum atomic E-state index is -0.592. The van der Waals surface area contributed by atoms with Crippen LogP contribution in [0.25, 0.3) is 0 Å². The molecule has 0 aliphatic carbocycles. The highest BCUT2D eigenvalue weighted by Gasteiger charge is 2.18. The van der Waals surface area contributed by atoms with Crippen LogP contribution < -0.4 is 0 Å². The van der Waals surface area contributed by atoms with Gasteiger partial charge < -0.3 is 4.74 Å². The van der Waals surface area contributed by atoms with Crippen LogP contribution in [0, 0.1) is 12.7 Å². The molecule has 1 aromatic carbocycles. The first kappa shape index (κ1) is 15.2. The molecular weight excluding hydrogens is 297 g/mol. The van der Waals surface area contributed by atoms with E-state index in [9.17, 15) is 9.18 Å². The smallest absolute Gasteiger partial charge is 0.361 e. The van der Waals surface area contributed by atoms with Crippen LogP contribution in [0.1, 0.15) is 21.7 Å². The van der Waals surface area contributed by atoms with E-state index in [1.807, 2.05) is 0 Å². The van der Waals surface area contributed by atoms with Crippen molar-refractivity contribution in [1.82, 2.24) is 15.0 Å². The number of carbonyl (C=O) groups is 1. The van der Waals surface area contributed by atoms with E-state index in [2.05, 4.69) is 16.9 Å². The summed E-state index contributed by atoms with van der Waals surface area (Å²) in [6.45, 7) is 5.33. The Hall–Kier alpha value is -2.21. The number of carbonyl (C=O) groups excluding carboxylic acids is 1. The van der Waals surface area contributed by atoms with Gasteiger partial charge in [0.1, 0.15) is 12.4 Å². The van der Waals surface area contributed by atoms with Crippen molar-refractivity contribution in [3.05, 3.63) is 58.6 Å². The van der Waals surface area contributed by atoms with E-state index in [1.165, 1.54) is 16.8 Å². The third kappa shape index (κ3) is 3.28.